The molecule has 0 radical (unpaired) electrons. The number of nitrogens with one attached hydrogen (secondary N) is 1. The van der Waals surface area contributed by atoms with Gasteiger partial charge in [-0.05, 0) is 0 Å². The summed E-state index contributed by atoms with van der Waals surface area (Å²) < 4.78 is 5.19. The molecule has 4 heteroatoms. The van der Waals surface area contributed by atoms with Gasteiger partial charge >= 0.3 is 160 Å². The van der Waals surface area contributed by atoms with Gasteiger partial charge in [-0.15, -0.1) is 24.8 Å². The van der Waals surface area contributed by atoms with Crippen LogP contribution < -0.4 is 4.00 Å². The molecule has 1 N–H and O–H groups in total. The van der Waals surface area contributed by atoms with Crippen LogP contribution in [0.5, 0.6) is 0 Å². The molecule has 1 nitrogen and oxygen atoms in total. The predicted molar refractivity (Wildman–Crippen MR) is 130 cm³/mol. The Kier molecular flexibility index (Phi) is 7.19. The van der Waals surface area contributed by atoms with Crippen LogP contribution in [-0.2, 0) is 14.8 Å². The Morgan fingerprint density at radius 2 is 1.50 bits per heavy atom. The molecule has 0 saturated carbocycles. The average molecular weight is 458 g/mol. The number of H-pyrrole nitrogens is 1. The zero-order chi connectivity index (χ0) is 19.4. The third-order valence-corrected chi connectivity index (χ3v) is 24.7. The molecule has 156 valence electrons. The molecule has 28 heavy (non-hydrogen) atoms. The quantitative estimate of drug-likeness (QED) is 0.442. The summed E-state index contributed by atoms with van der Waals surface area (Å²) in [5, 5.41) is 1.33. The van der Waals surface area contributed by atoms with Crippen LogP contribution in [-0.4, -0.2) is 8.80 Å². The van der Waals surface area contributed by atoms with Crippen molar-refractivity contribution in [3.63, 3.8) is 0 Å². The molecule has 0 saturated heterocycles. The van der Waals surface area contributed by atoms with E-state index in [2.05, 4.69) is 109 Å². The van der Waals surface area contributed by atoms with Crippen molar-refractivity contribution in [1.82, 2.24) is 4.98 Å². The number of halogens is 2. The molecule has 2 aromatic rings. The number of aromatic amines is 1. The van der Waals surface area contributed by atoms with Crippen LogP contribution in [0.2, 0.25) is 7.44 Å². The first kappa shape index (κ1) is 25.4. The van der Waals surface area contributed by atoms with Crippen molar-refractivity contribution in [2.45, 2.75) is 69.3 Å². The third kappa shape index (κ3) is 2.81. The molecule has 0 atom stereocenters. The first-order valence-electron chi connectivity index (χ1n) is 9.87. The van der Waals surface area contributed by atoms with Crippen LogP contribution in [0, 0.1) is 0 Å². The van der Waals surface area contributed by atoms with E-state index in [9.17, 15) is 0 Å². The van der Waals surface area contributed by atoms with Gasteiger partial charge in [-0.3, -0.25) is 0 Å². The molecule has 0 bridgehead atoms. The van der Waals surface area contributed by atoms with Crippen LogP contribution in [0.4, 0.5) is 0 Å². The van der Waals surface area contributed by atoms with Gasteiger partial charge in [0.1, 0.15) is 0 Å². The molecule has 0 aliphatic heterocycles. The Morgan fingerprint density at radius 1 is 0.929 bits per heavy atom. The number of rotatable bonds is 2. The molecule has 0 unspecified atom stereocenters. The van der Waals surface area contributed by atoms with Crippen molar-refractivity contribution < 1.29 is 14.8 Å². The Balaban J connectivity index is 0.00000196. The summed E-state index contributed by atoms with van der Waals surface area (Å²) in [6, 6.07) is 11.2. The summed E-state index contributed by atoms with van der Waals surface area (Å²) in [5.41, 5.74) is 1.26. The molecule has 1 aliphatic rings. The first-order chi connectivity index (χ1) is 12.0. The number of aromatic nitrogens is 1. The van der Waals surface area contributed by atoms with Crippen LogP contribution in [0.3, 0.4) is 0 Å². The van der Waals surface area contributed by atoms with Crippen molar-refractivity contribution in [2.75, 3.05) is 0 Å². The van der Waals surface area contributed by atoms with Crippen molar-refractivity contribution in [3.05, 3.63) is 52.4 Å². The Labute approximate surface area is 184 Å². The van der Waals surface area contributed by atoms with Gasteiger partial charge < -0.3 is 0 Å². The topological polar surface area (TPSA) is 15.8 Å². The summed E-state index contributed by atoms with van der Waals surface area (Å²) in [6.07, 6.45) is 8.17. The number of hydrogen-bond donors (Lipinski definition) is 1. The monoisotopic (exact) mass is 457 g/mol. The standard InChI is InChI=1S/C8H6N.C5H5.2C4H9.C3H6.2ClH.Ti/c1-2-4-8-7(3-1)5-6-9-8;1-2-4-5-3-1;2*1-4(2)3;1-3-2;;;/h1-5,9H;1-3H,4H2;2*1-3H3;1-2H3;2*1H;. The minimum atomic E-state index is -3.68. The van der Waals surface area contributed by atoms with Crippen LogP contribution in [0.15, 0.2) is 52.4 Å². The molecular formula is C24H37Cl2NTi. The van der Waals surface area contributed by atoms with E-state index in [0.29, 0.717) is 0 Å². The molecule has 1 aromatic carbocycles. The number of fused-ring (bicyclic) bond motifs is 1. The van der Waals surface area contributed by atoms with E-state index < -0.39 is 14.8 Å². The molecule has 0 amide bonds. The van der Waals surface area contributed by atoms with Crippen molar-refractivity contribution >= 4 is 43.5 Å². The van der Waals surface area contributed by atoms with Gasteiger partial charge in [0.2, 0.25) is 0 Å². The molecule has 0 fully saturated rings. The summed E-state index contributed by atoms with van der Waals surface area (Å²) >= 11 is -3.68. The van der Waals surface area contributed by atoms with Crippen molar-refractivity contribution in [3.8, 4) is 0 Å². The molecule has 1 heterocycles. The second kappa shape index (κ2) is 7.91. The van der Waals surface area contributed by atoms with E-state index in [0.717, 1.165) is 6.42 Å². The fourth-order valence-electron chi connectivity index (χ4n) is 7.32. The van der Waals surface area contributed by atoms with Crippen LogP contribution in [0.25, 0.3) is 10.9 Å². The van der Waals surface area contributed by atoms with E-state index in [1.807, 2.05) is 0 Å². The number of hydrogen-bond acceptors (Lipinski definition) is 0. The summed E-state index contributed by atoms with van der Waals surface area (Å²) in [5.74, 6) is 0. The average Bonchev–Trinajstić information content (AvgIpc) is 3.14. The SMILES string of the molecule is C[C](C)=[Ti]([C]1=CC=CC1)([c]1cc2ccccc2[nH]1)([C](C)(C)C)[C](C)(C)C.Cl.Cl. The molecule has 1 aromatic heterocycles. The van der Waals surface area contributed by atoms with Crippen molar-refractivity contribution in [1.29, 1.82) is 0 Å². The Morgan fingerprint density at radius 3 is 1.93 bits per heavy atom. The fourth-order valence-corrected chi connectivity index (χ4v) is 26.2. The van der Waals surface area contributed by atoms with Gasteiger partial charge in [0, 0.05) is 0 Å². The van der Waals surface area contributed by atoms with E-state index >= 15 is 0 Å². The molecule has 0 spiro atoms. The first-order valence-corrected chi connectivity index (χ1v) is 13.8. The minimum absolute atomic E-state index is 0. The second-order valence-corrected chi connectivity index (χ2v) is 22.3. The largest absolute Gasteiger partial charge is 0.147 e. The fraction of sp³-hybridized carbons (Fsp3) is 0.458. The van der Waals surface area contributed by atoms with Crippen LogP contribution >= 0.6 is 24.8 Å². The maximum absolute atomic E-state index is 3.94. The number of para-hydroxylation sites is 1. The molecule has 1 aliphatic carbocycles. The van der Waals surface area contributed by atoms with Gasteiger partial charge in [0.25, 0.3) is 0 Å². The maximum atomic E-state index is 3.94. The van der Waals surface area contributed by atoms with Gasteiger partial charge in [-0.1, -0.05) is 0 Å². The second-order valence-electron chi connectivity index (χ2n) is 10.3. The molecular weight excluding hydrogens is 421 g/mol. The van der Waals surface area contributed by atoms with E-state index in [-0.39, 0.29) is 32.3 Å². The summed E-state index contributed by atoms with van der Waals surface area (Å²) in [6.45, 7) is 19.8. The smallest absolute Gasteiger partial charge is 0.147 e. The maximum Gasteiger partial charge on any atom is -0.147 e. The zero-order valence-electron chi connectivity index (χ0n) is 18.6. The van der Waals surface area contributed by atoms with Gasteiger partial charge in [0.15, 0.2) is 0 Å². The summed E-state index contributed by atoms with van der Waals surface area (Å²) in [4.78, 5) is 3.94. The van der Waals surface area contributed by atoms with E-state index in [1.165, 1.54) is 14.9 Å². The van der Waals surface area contributed by atoms with Crippen molar-refractivity contribution in [2.24, 2.45) is 0 Å². The zero-order valence-corrected chi connectivity index (χ0v) is 21.8. The normalized spacial score (nSPS) is 15.1. The van der Waals surface area contributed by atoms with Gasteiger partial charge in [-0.2, -0.15) is 0 Å². The van der Waals surface area contributed by atoms with E-state index in [1.54, 1.807) is 7.69 Å². The number of allylic oxidation sites excluding steroid dienone is 4. The minimum Gasteiger partial charge on any atom is -0.147 e. The van der Waals surface area contributed by atoms with Crippen LogP contribution in [0.1, 0.15) is 61.8 Å². The third-order valence-electron chi connectivity index (χ3n) is 7.48. The van der Waals surface area contributed by atoms with Gasteiger partial charge in [-0.25, -0.2) is 0 Å². The molecule has 3 rings (SSSR count). The Bertz CT molecular complexity index is 937. The van der Waals surface area contributed by atoms with E-state index in [4.69, 9.17) is 0 Å². The summed E-state index contributed by atoms with van der Waals surface area (Å²) in [7, 11) is 0. The Hall–Kier alpha value is -0.596. The predicted octanol–water partition coefficient (Wildman–Crippen LogP) is 7.82. The van der Waals surface area contributed by atoms with Gasteiger partial charge in [0.05, 0.1) is 0 Å². The number of benzene rings is 1.